The molecule has 1 aromatic rings. The minimum Gasteiger partial charge on any atom is -0.465 e. The van der Waals surface area contributed by atoms with Crippen LogP contribution in [0.25, 0.3) is 0 Å². The topological polar surface area (TPSA) is 114 Å². The minimum atomic E-state index is -1.34. The molecular formula is C19H23N3O5. The summed E-state index contributed by atoms with van der Waals surface area (Å²) in [5.74, 6) is -1.94. The summed E-state index contributed by atoms with van der Waals surface area (Å²) in [6, 6.07) is 4.32. The van der Waals surface area contributed by atoms with Gasteiger partial charge in [0.15, 0.2) is 5.41 Å². The van der Waals surface area contributed by atoms with Crippen LogP contribution in [0.1, 0.15) is 40.5 Å². The molecule has 0 heterocycles. The van der Waals surface area contributed by atoms with Crippen molar-refractivity contribution in [2.24, 2.45) is 5.41 Å². The van der Waals surface area contributed by atoms with Crippen LogP contribution in [0, 0.1) is 5.41 Å². The molecular weight excluding hydrogens is 350 g/mol. The van der Waals surface area contributed by atoms with Crippen LogP contribution in [0.3, 0.4) is 0 Å². The van der Waals surface area contributed by atoms with Gasteiger partial charge >= 0.3 is 5.97 Å². The van der Waals surface area contributed by atoms with Crippen molar-refractivity contribution < 1.29 is 23.9 Å². The summed E-state index contributed by atoms with van der Waals surface area (Å²) in [5, 5.41) is 7.62. The molecule has 0 aliphatic heterocycles. The number of allylic oxidation sites excluding steroid dienone is 2. The van der Waals surface area contributed by atoms with E-state index in [0.717, 1.165) is 0 Å². The number of carbonyl (C=O) groups excluding carboxylic acids is 4. The molecule has 3 amide bonds. The lowest BCUT2D eigenvalue weighted by atomic mass is 9.84. The summed E-state index contributed by atoms with van der Waals surface area (Å²) >= 11 is 0. The van der Waals surface area contributed by atoms with E-state index in [1.54, 1.807) is 19.1 Å². The first-order chi connectivity index (χ1) is 12.9. The fourth-order valence-electron chi connectivity index (χ4n) is 2.87. The second kappa shape index (κ2) is 8.48. The van der Waals surface area contributed by atoms with E-state index < -0.39 is 29.1 Å². The van der Waals surface area contributed by atoms with Crippen molar-refractivity contribution in [2.75, 3.05) is 26.0 Å². The Labute approximate surface area is 157 Å². The summed E-state index contributed by atoms with van der Waals surface area (Å²) in [5.41, 5.74) is -0.672. The van der Waals surface area contributed by atoms with Crippen molar-refractivity contribution in [2.45, 2.75) is 19.8 Å². The van der Waals surface area contributed by atoms with Crippen molar-refractivity contribution in [3.63, 3.8) is 0 Å². The quantitative estimate of drug-likeness (QED) is 0.394. The largest absolute Gasteiger partial charge is 0.465 e. The van der Waals surface area contributed by atoms with Gasteiger partial charge in [0, 0.05) is 30.9 Å². The highest BCUT2D eigenvalue weighted by atomic mass is 16.5. The van der Waals surface area contributed by atoms with E-state index in [1.165, 1.54) is 32.3 Å². The summed E-state index contributed by atoms with van der Waals surface area (Å²) in [6.45, 7) is 1.84. The predicted molar refractivity (Wildman–Crippen MR) is 99.3 cm³/mol. The van der Waals surface area contributed by atoms with Crippen LogP contribution in [-0.4, -0.2) is 44.4 Å². The Morgan fingerprint density at radius 3 is 1.93 bits per heavy atom. The maximum Gasteiger partial charge on any atom is 0.322 e. The van der Waals surface area contributed by atoms with Crippen molar-refractivity contribution in [3.8, 4) is 0 Å². The number of anilines is 1. The first-order valence-corrected chi connectivity index (χ1v) is 8.61. The van der Waals surface area contributed by atoms with Crippen LogP contribution in [0.2, 0.25) is 0 Å². The molecule has 8 heteroatoms. The van der Waals surface area contributed by atoms with Crippen LogP contribution >= 0.6 is 0 Å². The van der Waals surface area contributed by atoms with Gasteiger partial charge in [0.25, 0.3) is 11.8 Å². The Kier molecular flexibility index (Phi) is 6.33. The summed E-state index contributed by atoms with van der Waals surface area (Å²) in [4.78, 5) is 49.3. The molecule has 0 bridgehead atoms. The average molecular weight is 373 g/mol. The maximum atomic E-state index is 12.9. The molecule has 0 unspecified atom stereocenters. The van der Waals surface area contributed by atoms with Gasteiger partial charge in [0.05, 0.1) is 6.61 Å². The molecule has 3 N–H and O–H groups in total. The van der Waals surface area contributed by atoms with Crippen LogP contribution in [0.5, 0.6) is 0 Å². The molecule has 0 saturated heterocycles. The Balaban J connectivity index is 2.36. The Morgan fingerprint density at radius 1 is 0.963 bits per heavy atom. The van der Waals surface area contributed by atoms with Gasteiger partial charge in [-0.15, -0.1) is 0 Å². The molecule has 0 radical (unpaired) electrons. The van der Waals surface area contributed by atoms with E-state index in [0.29, 0.717) is 0 Å². The number of esters is 1. The SMILES string of the molecule is CCOC(=O)C1(C(=O)Nc2cc(C(=O)NC)cc(C(=O)NC)c2)CC=CC1. The number of nitrogens with one attached hydrogen (secondary N) is 3. The molecule has 2 rings (SSSR count). The number of ether oxygens (including phenoxy) is 1. The molecule has 0 aromatic heterocycles. The summed E-state index contributed by atoms with van der Waals surface area (Å²) in [7, 11) is 2.93. The second-order valence-electron chi connectivity index (χ2n) is 6.09. The zero-order valence-corrected chi connectivity index (χ0v) is 15.5. The third-order valence-corrected chi connectivity index (χ3v) is 4.37. The number of rotatable bonds is 6. The Bertz CT molecular complexity index is 758. The lowest BCUT2D eigenvalue weighted by Crippen LogP contribution is -2.42. The first kappa shape index (κ1) is 20.2. The van der Waals surface area contributed by atoms with Crippen LogP contribution in [0.15, 0.2) is 30.4 Å². The second-order valence-corrected chi connectivity index (χ2v) is 6.09. The number of amides is 3. The van der Waals surface area contributed by atoms with Crippen LogP contribution in [-0.2, 0) is 14.3 Å². The highest BCUT2D eigenvalue weighted by Gasteiger charge is 2.47. The molecule has 0 saturated carbocycles. The van der Waals surface area contributed by atoms with Gasteiger partial charge in [-0.2, -0.15) is 0 Å². The van der Waals surface area contributed by atoms with E-state index in [4.69, 9.17) is 4.74 Å². The Morgan fingerprint density at radius 2 is 1.48 bits per heavy atom. The molecule has 27 heavy (non-hydrogen) atoms. The van der Waals surface area contributed by atoms with E-state index in [-0.39, 0.29) is 36.3 Å². The molecule has 8 nitrogen and oxygen atoms in total. The van der Waals surface area contributed by atoms with E-state index in [2.05, 4.69) is 16.0 Å². The zero-order valence-electron chi connectivity index (χ0n) is 15.5. The standard InChI is InChI=1S/C19H23N3O5/c1-4-27-18(26)19(7-5-6-8-19)17(25)22-14-10-12(15(23)20-2)9-13(11-14)16(24)21-3/h5-6,9-11H,4,7-8H2,1-3H3,(H,20,23)(H,21,24)(H,22,25). The fraction of sp³-hybridized carbons (Fsp3) is 0.368. The fourth-order valence-corrected chi connectivity index (χ4v) is 2.87. The number of carbonyl (C=O) groups is 4. The third-order valence-electron chi connectivity index (χ3n) is 4.37. The third kappa shape index (κ3) is 4.16. The van der Waals surface area contributed by atoms with E-state index in [1.807, 2.05) is 0 Å². The van der Waals surface area contributed by atoms with E-state index in [9.17, 15) is 19.2 Å². The van der Waals surface area contributed by atoms with Crippen LogP contribution in [0.4, 0.5) is 5.69 Å². The number of hydrogen-bond donors (Lipinski definition) is 3. The highest BCUT2D eigenvalue weighted by molar-refractivity contribution is 6.10. The van der Waals surface area contributed by atoms with Gasteiger partial charge in [0.1, 0.15) is 0 Å². The van der Waals surface area contributed by atoms with Crippen molar-refractivity contribution in [3.05, 3.63) is 41.5 Å². The van der Waals surface area contributed by atoms with Gasteiger partial charge in [-0.3, -0.25) is 19.2 Å². The zero-order chi connectivity index (χ0) is 20.0. The average Bonchev–Trinajstić information content (AvgIpc) is 3.18. The smallest absolute Gasteiger partial charge is 0.322 e. The minimum absolute atomic E-state index is 0.167. The van der Waals surface area contributed by atoms with Gasteiger partial charge in [-0.05, 0) is 38.0 Å². The molecule has 0 atom stereocenters. The van der Waals surface area contributed by atoms with Crippen molar-refractivity contribution >= 4 is 29.4 Å². The molecule has 0 spiro atoms. The highest BCUT2D eigenvalue weighted by Crippen LogP contribution is 2.36. The number of benzene rings is 1. The lowest BCUT2D eigenvalue weighted by molar-refractivity contribution is -0.158. The molecule has 0 fully saturated rings. The number of hydrogen-bond acceptors (Lipinski definition) is 5. The molecule has 144 valence electrons. The molecule has 1 aliphatic carbocycles. The maximum absolute atomic E-state index is 12.9. The first-order valence-electron chi connectivity index (χ1n) is 8.61. The van der Waals surface area contributed by atoms with E-state index >= 15 is 0 Å². The van der Waals surface area contributed by atoms with Crippen molar-refractivity contribution in [1.82, 2.24) is 10.6 Å². The lowest BCUT2D eigenvalue weighted by Gasteiger charge is -2.25. The predicted octanol–water partition coefficient (Wildman–Crippen LogP) is 1.24. The monoisotopic (exact) mass is 373 g/mol. The molecule has 1 aliphatic rings. The van der Waals surface area contributed by atoms with Gasteiger partial charge < -0.3 is 20.7 Å². The summed E-state index contributed by atoms with van der Waals surface area (Å²) in [6.07, 6.45) is 3.98. The molecule has 1 aromatic carbocycles. The van der Waals surface area contributed by atoms with Crippen LogP contribution < -0.4 is 16.0 Å². The van der Waals surface area contributed by atoms with Gasteiger partial charge in [-0.25, -0.2) is 0 Å². The summed E-state index contributed by atoms with van der Waals surface area (Å²) < 4.78 is 5.08. The Hall–Kier alpha value is -3.16. The van der Waals surface area contributed by atoms with Gasteiger partial charge in [-0.1, -0.05) is 12.2 Å². The normalized spacial score (nSPS) is 14.3. The van der Waals surface area contributed by atoms with Gasteiger partial charge in [0.2, 0.25) is 5.91 Å². The van der Waals surface area contributed by atoms with Crippen molar-refractivity contribution in [1.29, 1.82) is 0 Å².